The van der Waals surface area contributed by atoms with Gasteiger partial charge in [0.1, 0.15) is 0 Å². The van der Waals surface area contributed by atoms with Crippen molar-refractivity contribution < 1.29 is 18.7 Å². The molecule has 140 valence electrons. The quantitative estimate of drug-likeness (QED) is 0.501. The van der Waals surface area contributed by atoms with Crippen molar-refractivity contribution in [2.24, 2.45) is 0 Å². The van der Waals surface area contributed by atoms with E-state index in [0.29, 0.717) is 0 Å². The zero-order valence-electron chi connectivity index (χ0n) is 14.7. The molecule has 28 heavy (non-hydrogen) atoms. The van der Waals surface area contributed by atoms with Gasteiger partial charge >= 0.3 is 12.0 Å². The van der Waals surface area contributed by atoms with E-state index in [2.05, 4.69) is 20.5 Å². The van der Waals surface area contributed by atoms with Gasteiger partial charge in [-0.3, -0.25) is 14.9 Å². The Balaban J connectivity index is 1.30. The Bertz CT molecular complexity index is 1120. The van der Waals surface area contributed by atoms with Crippen LogP contribution in [0.15, 0.2) is 65.2 Å². The van der Waals surface area contributed by atoms with Gasteiger partial charge < -0.3 is 14.1 Å². The SMILES string of the molecule is O=C(COC(=O)Cc1c[nH]c2ccccc12)Nc1nnc(-c2ccccc2)o1. The lowest BCUT2D eigenvalue weighted by Crippen LogP contribution is -2.21. The molecule has 0 aliphatic heterocycles. The molecule has 1 amide bonds. The number of H-pyrrole nitrogens is 1. The summed E-state index contributed by atoms with van der Waals surface area (Å²) in [7, 11) is 0. The van der Waals surface area contributed by atoms with Gasteiger partial charge in [-0.2, -0.15) is 0 Å². The number of nitrogens with one attached hydrogen (secondary N) is 2. The molecule has 0 aliphatic rings. The topological polar surface area (TPSA) is 110 Å². The highest BCUT2D eigenvalue weighted by molar-refractivity contribution is 5.92. The Hall–Kier alpha value is -3.94. The van der Waals surface area contributed by atoms with Gasteiger partial charge in [-0.05, 0) is 23.8 Å². The molecule has 2 aromatic carbocycles. The zero-order valence-corrected chi connectivity index (χ0v) is 14.7. The second kappa shape index (κ2) is 7.75. The smallest absolute Gasteiger partial charge is 0.322 e. The number of carbonyl (C=O) groups excluding carboxylic acids is 2. The lowest BCUT2D eigenvalue weighted by Gasteiger charge is -2.04. The number of fused-ring (bicyclic) bond motifs is 1. The molecular formula is C20H16N4O4. The number of benzene rings is 2. The van der Waals surface area contributed by atoms with Crippen molar-refractivity contribution in [3.05, 3.63) is 66.4 Å². The van der Waals surface area contributed by atoms with Gasteiger partial charge in [-0.25, -0.2) is 0 Å². The molecule has 4 rings (SSSR count). The third-order valence-electron chi connectivity index (χ3n) is 4.07. The first-order chi connectivity index (χ1) is 13.7. The summed E-state index contributed by atoms with van der Waals surface area (Å²) in [5.41, 5.74) is 2.49. The number of rotatable bonds is 6. The van der Waals surface area contributed by atoms with Crippen molar-refractivity contribution in [2.45, 2.75) is 6.42 Å². The molecule has 4 aromatic rings. The van der Waals surface area contributed by atoms with E-state index in [0.717, 1.165) is 22.0 Å². The number of amides is 1. The van der Waals surface area contributed by atoms with E-state index in [1.807, 2.05) is 54.6 Å². The Labute approximate surface area is 159 Å². The highest BCUT2D eigenvalue weighted by Gasteiger charge is 2.14. The lowest BCUT2D eigenvalue weighted by atomic mass is 10.1. The second-order valence-corrected chi connectivity index (χ2v) is 6.02. The number of nitrogens with zero attached hydrogens (tertiary/aromatic N) is 2. The summed E-state index contributed by atoms with van der Waals surface area (Å²) in [5, 5.41) is 11.0. The minimum Gasteiger partial charge on any atom is -0.455 e. The molecule has 0 unspecified atom stereocenters. The predicted octanol–water partition coefficient (Wildman–Crippen LogP) is 2.94. The molecule has 0 radical (unpaired) electrons. The molecule has 0 fully saturated rings. The third-order valence-corrected chi connectivity index (χ3v) is 4.07. The van der Waals surface area contributed by atoms with Crippen molar-refractivity contribution in [1.82, 2.24) is 15.2 Å². The summed E-state index contributed by atoms with van der Waals surface area (Å²) < 4.78 is 10.4. The summed E-state index contributed by atoms with van der Waals surface area (Å²) in [4.78, 5) is 27.1. The van der Waals surface area contributed by atoms with Crippen LogP contribution in [-0.2, 0) is 20.7 Å². The van der Waals surface area contributed by atoms with Gasteiger partial charge in [-0.15, -0.1) is 5.10 Å². The molecule has 8 nitrogen and oxygen atoms in total. The molecule has 0 bridgehead atoms. The summed E-state index contributed by atoms with van der Waals surface area (Å²) in [6, 6.07) is 16.8. The summed E-state index contributed by atoms with van der Waals surface area (Å²) in [6.45, 7) is -0.440. The van der Waals surface area contributed by atoms with Crippen molar-refractivity contribution in [3.63, 3.8) is 0 Å². The maximum absolute atomic E-state index is 12.0. The fourth-order valence-corrected chi connectivity index (χ4v) is 2.76. The summed E-state index contributed by atoms with van der Waals surface area (Å²) in [6.07, 6.45) is 1.82. The van der Waals surface area contributed by atoms with Crippen molar-refractivity contribution in [3.8, 4) is 11.5 Å². The normalized spacial score (nSPS) is 10.7. The molecule has 0 spiro atoms. The Morgan fingerprint density at radius 3 is 2.68 bits per heavy atom. The number of aromatic amines is 1. The number of anilines is 1. The van der Waals surface area contributed by atoms with Gasteiger partial charge in [0.25, 0.3) is 5.91 Å². The van der Waals surface area contributed by atoms with Crippen LogP contribution in [0.25, 0.3) is 22.4 Å². The summed E-state index contributed by atoms with van der Waals surface area (Å²) in [5.74, 6) is -0.779. The van der Waals surface area contributed by atoms with Crippen LogP contribution in [0.4, 0.5) is 6.01 Å². The second-order valence-electron chi connectivity index (χ2n) is 6.02. The fourth-order valence-electron chi connectivity index (χ4n) is 2.76. The largest absolute Gasteiger partial charge is 0.455 e. The van der Waals surface area contributed by atoms with E-state index in [4.69, 9.17) is 9.15 Å². The molecule has 0 aliphatic carbocycles. The molecule has 2 heterocycles. The molecule has 0 atom stereocenters. The lowest BCUT2D eigenvalue weighted by molar-refractivity contribution is -0.146. The van der Waals surface area contributed by atoms with Crippen LogP contribution in [0.1, 0.15) is 5.56 Å². The van der Waals surface area contributed by atoms with E-state index < -0.39 is 18.5 Å². The van der Waals surface area contributed by atoms with Crippen LogP contribution >= 0.6 is 0 Å². The van der Waals surface area contributed by atoms with E-state index in [-0.39, 0.29) is 18.3 Å². The molecule has 8 heteroatoms. The molecular weight excluding hydrogens is 360 g/mol. The predicted molar refractivity (Wildman–Crippen MR) is 101 cm³/mol. The van der Waals surface area contributed by atoms with Crippen LogP contribution in [0.2, 0.25) is 0 Å². The third kappa shape index (κ3) is 3.90. The van der Waals surface area contributed by atoms with Gasteiger partial charge in [0, 0.05) is 22.7 Å². The Morgan fingerprint density at radius 1 is 1.04 bits per heavy atom. The first kappa shape index (κ1) is 17.5. The zero-order chi connectivity index (χ0) is 19.3. The van der Waals surface area contributed by atoms with Crippen molar-refractivity contribution in [2.75, 3.05) is 11.9 Å². The maximum Gasteiger partial charge on any atom is 0.322 e. The number of hydrogen-bond donors (Lipinski definition) is 2. The van der Waals surface area contributed by atoms with Crippen LogP contribution in [-0.4, -0.2) is 33.7 Å². The standard InChI is InChI=1S/C20H16N4O4/c25-17(22-20-24-23-19(28-20)13-6-2-1-3-7-13)12-27-18(26)10-14-11-21-16-9-5-4-8-15(14)16/h1-9,11,21H,10,12H2,(H,22,24,25). The highest BCUT2D eigenvalue weighted by atomic mass is 16.5. The number of carbonyl (C=O) groups is 2. The molecule has 0 saturated heterocycles. The summed E-state index contributed by atoms with van der Waals surface area (Å²) >= 11 is 0. The van der Waals surface area contributed by atoms with Crippen LogP contribution in [0.3, 0.4) is 0 Å². The van der Waals surface area contributed by atoms with Gasteiger partial charge in [-0.1, -0.05) is 41.5 Å². The highest BCUT2D eigenvalue weighted by Crippen LogP contribution is 2.19. The number of hydrogen-bond acceptors (Lipinski definition) is 6. The first-order valence-electron chi connectivity index (χ1n) is 8.58. The van der Waals surface area contributed by atoms with E-state index in [1.165, 1.54) is 0 Å². The number of ether oxygens (including phenoxy) is 1. The van der Waals surface area contributed by atoms with E-state index in [1.54, 1.807) is 6.20 Å². The maximum atomic E-state index is 12.0. The number of para-hydroxylation sites is 1. The number of aromatic nitrogens is 3. The fraction of sp³-hybridized carbons (Fsp3) is 0.100. The minimum atomic E-state index is -0.560. The monoisotopic (exact) mass is 376 g/mol. The van der Waals surface area contributed by atoms with E-state index in [9.17, 15) is 9.59 Å². The van der Waals surface area contributed by atoms with Crippen LogP contribution in [0.5, 0.6) is 0 Å². The van der Waals surface area contributed by atoms with Gasteiger partial charge in [0.2, 0.25) is 5.89 Å². The Kier molecular flexibility index (Phi) is 4.83. The van der Waals surface area contributed by atoms with Gasteiger partial charge in [0.15, 0.2) is 6.61 Å². The van der Waals surface area contributed by atoms with Crippen LogP contribution < -0.4 is 5.32 Å². The number of esters is 1. The average molecular weight is 376 g/mol. The molecule has 2 N–H and O–H groups in total. The van der Waals surface area contributed by atoms with Gasteiger partial charge in [0.05, 0.1) is 6.42 Å². The van der Waals surface area contributed by atoms with E-state index >= 15 is 0 Å². The first-order valence-corrected chi connectivity index (χ1v) is 8.58. The van der Waals surface area contributed by atoms with Crippen molar-refractivity contribution >= 4 is 28.8 Å². The molecule has 2 aromatic heterocycles. The molecule has 0 saturated carbocycles. The average Bonchev–Trinajstić information content (AvgIpc) is 3.35. The minimum absolute atomic E-state index is 0.0588. The van der Waals surface area contributed by atoms with Crippen LogP contribution in [0, 0.1) is 0 Å². The Morgan fingerprint density at radius 2 is 1.82 bits per heavy atom. The van der Waals surface area contributed by atoms with Crippen molar-refractivity contribution in [1.29, 1.82) is 0 Å².